The third kappa shape index (κ3) is 9.21. The van der Waals surface area contributed by atoms with Crippen LogP contribution in [-0.4, -0.2) is 11.3 Å². The number of fused-ring (bicyclic) bond motifs is 7. The van der Waals surface area contributed by atoms with E-state index in [1.807, 2.05) is 0 Å². The van der Waals surface area contributed by atoms with Gasteiger partial charge < -0.3 is 14.4 Å². The van der Waals surface area contributed by atoms with Crippen LogP contribution in [0, 0.1) is 0 Å². The lowest BCUT2D eigenvalue weighted by Gasteiger charge is -2.46. The maximum atomic E-state index is 2.68. The lowest BCUT2D eigenvalue weighted by atomic mass is 9.33. The van der Waals surface area contributed by atoms with Gasteiger partial charge in [-0.15, -0.1) is 0 Å². The first-order valence-electron chi connectivity index (χ1n) is 32.5. The highest BCUT2D eigenvalue weighted by Gasteiger charge is 2.46. The average Bonchev–Trinajstić information content (AvgIpc) is 0.747. The minimum atomic E-state index is -0.255. The van der Waals surface area contributed by atoms with E-state index >= 15 is 0 Å². The zero-order valence-corrected chi connectivity index (χ0v) is 51.6. The first-order valence-corrected chi connectivity index (χ1v) is 32.5. The molecule has 15 aromatic carbocycles. The summed E-state index contributed by atoms with van der Waals surface area (Å²) in [6.07, 6.45) is 0. The van der Waals surface area contributed by atoms with Gasteiger partial charge >= 0.3 is 0 Å². The van der Waals surface area contributed by atoms with Gasteiger partial charge in [-0.1, -0.05) is 303 Å². The minimum absolute atomic E-state index is 0.255. The Labute approximate surface area is 548 Å². The maximum Gasteiger partial charge on any atom is 0.252 e. The Morgan fingerprint density at radius 2 is 0.479 bits per heavy atom. The maximum absolute atomic E-state index is 2.68. The highest BCUT2D eigenvalue weighted by molar-refractivity contribution is 7.00. The highest BCUT2D eigenvalue weighted by Crippen LogP contribution is 2.55. The van der Waals surface area contributed by atoms with Crippen molar-refractivity contribution in [3.8, 4) is 94.7 Å². The quantitative estimate of drug-likeness (QED) is 0.120. The molecule has 4 heteroatoms. The molecular formula is C90H60BN3. The summed E-state index contributed by atoms with van der Waals surface area (Å²) in [4.78, 5) is 5.35. The van der Waals surface area contributed by atoms with E-state index in [9.17, 15) is 0 Å². The van der Waals surface area contributed by atoms with Crippen molar-refractivity contribution in [2.45, 2.75) is 0 Å². The van der Waals surface area contributed by atoms with E-state index in [2.05, 4.69) is 378 Å². The van der Waals surface area contributed by atoms with Crippen LogP contribution < -0.4 is 26.2 Å². The van der Waals surface area contributed by atoms with Crippen LogP contribution in [-0.2, 0) is 0 Å². The van der Waals surface area contributed by atoms with Crippen molar-refractivity contribution in [2.75, 3.05) is 9.80 Å². The van der Waals surface area contributed by atoms with Gasteiger partial charge in [0, 0.05) is 55.8 Å². The van der Waals surface area contributed by atoms with E-state index in [0.29, 0.717) is 0 Å². The van der Waals surface area contributed by atoms with Crippen LogP contribution in [0.15, 0.2) is 364 Å². The molecule has 0 bridgehead atoms. The molecule has 18 rings (SSSR count). The largest absolute Gasteiger partial charge is 0.310 e. The van der Waals surface area contributed by atoms with Crippen molar-refractivity contribution in [2.24, 2.45) is 0 Å². The molecule has 3 heterocycles. The van der Waals surface area contributed by atoms with Crippen molar-refractivity contribution in [3.63, 3.8) is 0 Å². The molecule has 0 amide bonds. The third-order valence-corrected chi connectivity index (χ3v) is 19.3. The molecule has 0 radical (unpaired) electrons. The number of nitrogens with zero attached hydrogens (tertiary/aromatic N) is 3. The molecule has 94 heavy (non-hydrogen) atoms. The van der Waals surface area contributed by atoms with E-state index in [1.165, 1.54) is 38.3 Å². The van der Waals surface area contributed by atoms with Gasteiger partial charge in [-0.3, -0.25) is 0 Å². The smallest absolute Gasteiger partial charge is 0.252 e. The second kappa shape index (κ2) is 22.9. The average molecular weight is 1190 g/mol. The summed E-state index contributed by atoms with van der Waals surface area (Å²) in [5.41, 5.74) is 31.9. The van der Waals surface area contributed by atoms with Gasteiger partial charge in [0.1, 0.15) is 0 Å². The van der Waals surface area contributed by atoms with Crippen molar-refractivity contribution < 1.29 is 0 Å². The summed E-state index contributed by atoms with van der Waals surface area (Å²) in [5.74, 6) is 0. The lowest BCUT2D eigenvalue weighted by molar-refractivity contribution is 1.16. The molecule has 0 aliphatic carbocycles. The van der Waals surface area contributed by atoms with Crippen LogP contribution in [0.2, 0.25) is 0 Å². The van der Waals surface area contributed by atoms with Crippen LogP contribution in [0.5, 0.6) is 0 Å². The van der Waals surface area contributed by atoms with Gasteiger partial charge in [0.05, 0.1) is 28.1 Å². The summed E-state index contributed by atoms with van der Waals surface area (Å²) in [7, 11) is 0. The second-order valence-electron chi connectivity index (χ2n) is 24.7. The normalized spacial score (nSPS) is 12.2. The van der Waals surface area contributed by atoms with Gasteiger partial charge in [-0.2, -0.15) is 0 Å². The topological polar surface area (TPSA) is 11.4 Å². The van der Waals surface area contributed by atoms with Crippen LogP contribution in [0.25, 0.3) is 117 Å². The first-order chi connectivity index (χ1) is 46.7. The molecule has 0 fully saturated rings. The zero-order chi connectivity index (χ0) is 62.1. The molecule has 0 saturated heterocycles. The summed E-state index contributed by atoms with van der Waals surface area (Å²) in [6, 6.07) is 135. The first kappa shape index (κ1) is 54.7. The van der Waals surface area contributed by atoms with Gasteiger partial charge in [0.25, 0.3) is 6.71 Å². The number of hydrogen-bond acceptors (Lipinski definition) is 2. The lowest BCUT2D eigenvalue weighted by Crippen LogP contribution is -2.61. The Morgan fingerprint density at radius 3 is 0.798 bits per heavy atom. The molecule has 2 aliphatic heterocycles. The standard InChI is InChI=1S/C90H60BN3/c1-9-29-61(30-10-1)69-49-51-84-80(57-69)91-81-58-70(62-31-11-2-12-32-62)50-52-85(81)94(90-78(67-41-21-7-22-42-67)55-72(64-35-15-4-16-36-64)56-79(90)68-43-23-8-24-44-68)87-60-73(92-82-47-27-25-45-74(82)75-46-26-28-48-83(75)92)59-86(88(87)91)93(84)89-76(65-37-17-5-18-38-65)53-71(63-33-13-3-14-34-63)54-77(89)66-39-19-6-20-40-66/h1-60H. The van der Waals surface area contributed by atoms with E-state index in [-0.39, 0.29) is 6.71 Å². The molecule has 0 unspecified atom stereocenters. The molecule has 438 valence electrons. The molecule has 16 aromatic rings. The Kier molecular flexibility index (Phi) is 13.3. The number of anilines is 6. The second-order valence-corrected chi connectivity index (χ2v) is 24.7. The Hall–Kier alpha value is -12.2. The van der Waals surface area contributed by atoms with Gasteiger partial charge in [0.15, 0.2) is 0 Å². The molecular weight excluding hydrogens is 1130 g/mol. The summed E-state index contributed by atoms with van der Waals surface area (Å²) in [6.45, 7) is -0.255. The summed E-state index contributed by atoms with van der Waals surface area (Å²) < 4.78 is 2.53. The van der Waals surface area contributed by atoms with Gasteiger partial charge in [-0.25, -0.2) is 0 Å². The van der Waals surface area contributed by atoms with Gasteiger partial charge in [0.2, 0.25) is 0 Å². The number of hydrogen-bond donors (Lipinski definition) is 0. The van der Waals surface area contributed by atoms with E-state index in [1.54, 1.807) is 0 Å². The fraction of sp³-hybridized carbons (Fsp3) is 0. The van der Waals surface area contributed by atoms with Crippen LogP contribution in [0.1, 0.15) is 0 Å². The van der Waals surface area contributed by atoms with Gasteiger partial charge in [-0.05, 0) is 144 Å². The number of para-hydroxylation sites is 2. The molecule has 0 spiro atoms. The van der Waals surface area contributed by atoms with Crippen molar-refractivity contribution >= 4 is 79.0 Å². The highest BCUT2D eigenvalue weighted by atomic mass is 15.2. The summed E-state index contributed by atoms with van der Waals surface area (Å²) in [5, 5.41) is 2.41. The number of benzene rings is 15. The minimum Gasteiger partial charge on any atom is -0.310 e. The van der Waals surface area contributed by atoms with Crippen molar-refractivity contribution in [3.05, 3.63) is 364 Å². The van der Waals surface area contributed by atoms with Crippen LogP contribution in [0.4, 0.5) is 34.1 Å². The Morgan fingerprint density at radius 1 is 0.202 bits per heavy atom. The van der Waals surface area contributed by atoms with Crippen LogP contribution >= 0.6 is 0 Å². The fourth-order valence-corrected chi connectivity index (χ4v) is 15.1. The number of rotatable bonds is 11. The predicted octanol–water partition coefficient (Wildman–Crippen LogP) is 22.2. The molecule has 0 saturated carbocycles. The van der Waals surface area contributed by atoms with Crippen LogP contribution in [0.3, 0.4) is 0 Å². The Balaban J connectivity index is 1.05. The predicted molar refractivity (Wildman–Crippen MR) is 398 cm³/mol. The van der Waals surface area contributed by atoms with Crippen molar-refractivity contribution in [1.82, 2.24) is 4.57 Å². The molecule has 1 aromatic heterocycles. The molecule has 3 nitrogen and oxygen atoms in total. The Bertz CT molecular complexity index is 5060. The monoisotopic (exact) mass is 1190 g/mol. The number of aromatic nitrogens is 1. The SMILES string of the molecule is c1ccc(-c2ccc3c(c2)B2c4cc(-c5ccccc5)ccc4N(c4c(-c5ccccc5)cc(-c5ccccc5)cc4-c4ccccc4)c4cc(-n5c6ccccc6c6ccccc65)cc(c42)N3c2c(-c3ccccc3)cc(-c3ccccc3)cc2-c2ccccc2)cc1. The van der Waals surface area contributed by atoms with Crippen molar-refractivity contribution in [1.29, 1.82) is 0 Å². The van der Waals surface area contributed by atoms with E-state index in [4.69, 9.17) is 0 Å². The molecule has 0 atom stereocenters. The molecule has 0 N–H and O–H groups in total. The zero-order valence-electron chi connectivity index (χ0n) is 51.6. The van der Waals surface area contributed by atoms with E-state index < -0.39 is 0 Å². The fourth-order valence-electron chi connectivity index (χ4n) is 15.1. The summed E-state index contributed by atoms with van der Waals surface area (Å²) >= 11 is 0. The third-order valence-electron chi connectivity index (χ3n) is 19.3. The van der Waals surface area contributed by atoms with E-state index in [0.717, 1.165) is 129 Å². The molecule has 2 aliphatic rings.